The van der Waals surface area contributed by atoms with Gasteiger partial charge in [0.1, 0.15) is 11.6 Å². The second-order valence-electron chi connectivity index (χ2n) is 6.24. The minimum absolute atomic E-state index is 0.811. The molecule has 0 spiro atoms. The number of piperazine rings is 1. The standard InChI is InChI=1S/C18H22N6/c1-13-9-14-11-20-18(10-16(14)23(13)2)22-17-4-3-15(12-21-17)24-7-5-19-6-8-24/h3-4,9-12,19H,5-8H2,1-2H3,(H,20,21,22). The maximum absolute atomic E-state index is 4.54. The lowest BCUT2D eigenvalue weighted by atomic mass is 10.3. The fourth-order valence-electron chi connectivity index (χ4n) is 3.14. The van der Waals surface area contributed by atoms with Gasteiger partial charge < -0.3 is 20.1 Å². The highest BCUT2D eigenvalue weighted by Gasteiger charge is 2.11. The van der Waals surface area contributed by atoms with E-state index >= 15 is 0 Å². The van der Waals surface area contributed by atoms with E-state index in [-0.39, 0.29) is 0 Å². The number of hydrogen-bond donors (Lipinski definition) is 2. The second kappa shape index (κ2) is 6.13. The van der Waals surface area contributed by atoms with Gasteiger partial charge in [0.2, 0.25) is 0 Å². The molecule has 2 N–H and O–H groups in total. The minimum Gasteiger partial charge on any atom is -0.368 e. The number of fused-ring (bicyclic) bond motifs is 1. The zero-order chi connectivity index (χ0) is 16.5. The second-order valence-corrected chi connectivity index (χ2v) is 6.24. The third-order valence-electron chi connectivity index (χ3n) is 4.65. The summed E-state index contributed by atoms with van der Waals surface area (Å²) in [5, 5.41) is 7.82. The first-order valence-corrected chi connectivity index (χ1v) is 8.31. The molecule has 4 heterocycles. The van der Waals surface area contributed by atoms with Crippen LogP contribution in [0.1, 0.15) is 5.69 Å². The Labute approximate surface area is 141 Å². The van der Waals surface area contributed by atoms with Crippen molar-refractivity contribution in [3.63, 3.8) is 0 Å². The number of aromatic nitrogens is 3. The van der Waals surface area contributed by atoms with E-state index in [1.165, 1.54) is 16.9 Å². The number of hydrogen-bond acceptors (Lipinski definition) is 5. The molecule has 1 aliphatic rings. The van der Waals surface area contributed by atoms with E-state index in [4.69, 9.17) is 0 Å². The van der Waals surface area contributed by atoms with Gasteiger partial charge in [0, 0.05) is 56.6 Å². The van der Waals surface area contributed by atoms with Crippen molar-refractivity contribution in [3.05, 3.63) is 42.4 Å². The predicted octanol–water partition coefficient (Wildman–Crippen LogP) is 2.43. The quantitative estimate of drug-likeness (QED) is 0.775. The largest absolute Gasteiger partial charge is 0.368 e. The van der Waals surface area contributed by atoms with Crippen LogP contribution in [0.25, 0.3) is 10.9 Å². The first-order chi connectivity index (χ1) is 11.7. The van der Waals surface area contributed by atoms with Gasteiger partial charge in [0.25, 0.3) is 0 Å². The molecular weight excluding hydrogens is 300 g/mol. The van der Waals surface area contributed by atoms with Crippen molar-refractivity contribution in [1.29, 1.82) is 0 Å². The summed E-state index contributed by atoms with van der Waals surface area (Å²) in [6.07, 6.45) is 3.83. The number of nitrogens with one attached hydrogen (secondary N) is 2. The van der Waals surface area contributed by atoms with E-state index in [9.17, 15) is 0 Å². The summed E-state index contributed by atoms with van der Waals surface area (Å²) in [7, 11) is 2.07. The summed E-state index contributed by atoms with van der Waals surface area (Å²) in [5.74, 6) is 1.62. The van der Waals surface area contributed by atoms with Gasteiger partial charge in [0.05, 0.1) is 17.4 Å². The van der Waals surface area contributed by atoms with Crippen LogP contribution in [-0.4, -0.2) is 40.7 Å². The first kappa shape index (κ1) is 15.0. The van der Waals surface area contributed by atoms with E-state index in [0.717, 1.165) is 43.2 Å². The lowest BCUT2D eigenvalue weighted by Crippen LogP contribution is -2.43. The van der Waals surface area contributed by atoms with Crippen molar-refractivity contribution in [3.8, 4) is 0 Å². The highest BCUT2D eigenvalue weighted by molar-refractivity contribution is 5.83. The molecule has 0 amide bonds. The highest BCUT2D eigenvalue weighted by atomic mass is 15.2. The Bertz CT molecular complexity index is 846. The van der Waals surface area contributed by atoms with Gasteiger partial charge in [-0.2, -0.15) is 0 Å². The predicted molar refractivity (Wildman–Crippen MR) is 98.1 cm³/mol. The van der Waals surface area contributed by atoms with Gasteiger partial charge in [-0.3, -0.25) is 0 Å². The van der Waals surface area contributed by atoms with Crippen molar-refractivity contribution in [2.75, 3.05) is 36.4 Å². The highest BCUT2D eigenvalue weighted by Crippen LogP contribution is 2.22. The number of anilines is 3. The van der Waals surface area contributed by atoms with Crippen molar-refractivity contribution < 1.29 is 0 Å². The van der Waals surface area contributed by atoms with Crippen LogP contribution in [0, 0.1) is 6.92 Å². The van der Waals surface area contributed by atoms with Crippen molar-refractivity contribution in [2.24, 2.45) is 7.05 Å². The van der Waals surface area contributed by atoms with Gasteiger partial charge in [-0.15, -0.1) is 0 Å². The summed E-state index contributed by atoms with van der Waals surface area (Å²) in [6, 6.07) is 8.34. The Morgan fingerprint density at radius 2 is 1.83 bits per heavy atom. The fraction of sp³-hybridized carbons (Fsp3) is 0.333. The molecule has 1 saturated heterocycles. The maximum atomic E-state index is 4.54. The molecule has 0 aromatic carbocycles. The molecule has 0 radical (unpaired) electrons. The molecule has 0 unspecified atom stereocenters. The van der Waals surface area contributed by atoms with Crippen LogP contribution in [-0.2, 0) is 7.05 Å². The minimum atomic E-state index is 0.811. The summed E-state index contributed by atoms with van der Waals surface area (Å²) in [5.41, 5.74) is 3.56. The Morgan fingerprint density at radius 3 is 2.58 bits per heavy atom. The fourth-order valence-corrected chi connectivity index (χ4v) is 3.14. The van der Waals surface area contributed by atoms with Crippen LogP contribution in [0.15, 0.2) is 36.7 Å². The van der Waals surface area contributed by atoms with Crippen LogP contribution >= 0.6 is 0 Å². The molecule has 124 valence electrons. The molecule has 0 atom stereocenters. The molecular formula is C18H22N6. The summed E-state index contributed by atoms with van der Waals surface area (Å²) in [4.78, 5) is 11.4. The number of nitrogens with zero attached hydrogens (tertiary/aromatic N) is 4. The van der Waals surface area contributed by atoms with Crippen LogP contribution < -0.4 is 15.5 Å². The molecule has 3 aromatic rings. The lowest BCUT2D eigenvalue weighted by Gasteiger charge is -2.29. The zero-order valence-corrected chi connectivity index (χ0v) is 14.1. The number of rotatable bonds is 3. The molecule has 0 bridgehead atoms. The monoisotopic (exact) mass is 322 g/mol. The summed E-state index contributed by atoms with van der Waals surface area (Å²) in [6.45, 7) is 6.21. The molecule has 3 aromatic heterocycles. The van der Waals surface area contributed by atoms with Gasteiger partial charge in [0.15, 0.2) is 0 Å². The number of aryl methyl sites for hydroxylation is 2. The maximum Gasteiger partial charge on any atom is 0.133 e. The smallest absolute Gasteiger partial charge is 0.133 e. The van der Waals surface area contributed by atoms with Crippen LogP contribution in [0.4, 0.5) is 17.3 Å². The van der Waals surface area contributed by atoms with Gasteiger partial charge in [-0.25, -0.2) is 9.97 Å². The molecule has 1 fully saturated rings. The normalized spacial score (nSPS) is 15.0. The lowest BCUT2D eigenvalue weighted by molar-refractivity contribution is 0.589. The average Bonchev–Trinajstić information content (AvgIpc) is 2.91. The Morgan fingerprint density at radius 1 is 1.04 bits per heavy atom. The van der Waals surface area contributed by atoms with Gasteiger partial charge in [-0.05, 0) is 25.1 Å². The molecule has 6 nitrogen and oxygen atoms in total. The zero-order valence-electron chi connectivity index (χ0n) is 14.1. The molecule has 0 aliphatic carbocycles. The van der Waals surface area contributed by atoms with Crippen molar-refractivity contribution in [2.45, 2.75) is 6.92 Å². The van der Waals surface area contributed by atoms with Gasteiger partial charge >= 0.3 is 0 Å². The topological polar surface area (TPSA) is 58.0 Å². The third-order valence-corrected chi connectivity index (χ3v) is 4.65. The molecule has 6 heteroatoms. The van der Waals surface area contributed by atoms with Crippen LogP contribution in [0.5, 0.6) is 0 Å². The van der Waals surface area contributed by atoms with E-state index in [1.807, 2.05) is 18.5 Å². The van der Waals surface area contributed by atoms with E-state index in [2.05, 4.69) is 62.2 Å². The van der Waals surface area contributed by atoms with Crippen molar-refractivity contribution >= 4 is 28.2 Å². The van der Waals surface area contributed by atoms with Gasteiger partial charge in [-0.1, -0.05) is 0 Å². The van der Waals surface area contributed by atoms with E-state index in [0.29, 0.717) is 0 Å². The Balaban J connectivity index is 1.53. The Hall–Kier alpha value is -2.60. The first-order valence-electron chi connectivity index (χ1n) is 8.31. The number of pyridine rings is 2. The molecule has 0 saturated carbocycles. The van der Waals surface area contributed by atoms with Crippen LogP contribution in [0.2, 0.25) is 0 Å². The summed E-state index contributed by atoms with van der Waals surface area (Å²) < 4.78 is 2.17. The molecule has 4 rings (SSSR count). The SMILES string of the molecule is Cc1cc2cnc(Nc3ccc(N4CCNCC4)cn3)cc2n1C. The average molecular weight is 322 g/mol. The van der Waals surface area contributed by atoms with E-state index < -0.39 is 0 Å². The third kappa shape index (κ3) is 2.80. The molecule has 1 aliphatic heterocycles. The summed E-state index contributed by atoms with van der Waals surface area (Å²) >= 11 is 0. The van der Waals surface area contributed by atoms with Crippen LogP contribution in [0.3, 0.4) is 0 Å². The Kier molecular flexibility index (Phi) is 3.82. The van der Waals surface area contributed by atoms with Crippen molar-refractivity contribution in [1.82, 2.24) is 19.9 Å². The van der Waals surface area contributed by atoms with E-state index in [1.54, 1.807) is 0 Å². The molecule has 24 heavy (non-hydrogen) atoms.